The molecule has 0 saturated heterocycles. The lowest BCUT2D eigenvalue weighted by Gasteiger charge is -2.13. The van der Waals surface area contributed by atoms with Crippen molar-refractivity contribution in [2.45, 2.75) is 51.9 Å². The Labute approximate surface area is 110 Å². The highest BCUT2D eigenvalue weighted by molar-refractivity contribution is 7.91. The molecule has 0 bridgehead atoms. The van der Waals surface area contributed by atoms with E-state index in [4.69, 9.17) is 0 Å². The number of esters is 1. The summed E-state index contributed by atoms with van der Waals surface area (Å²) in [6.07, 6.45) is 5.81. The van der Waals surface area contributed by atoms with Gasteiger partial charge in [0.05, 0.1) is 25.0 Å². The maximum atomic E-state index is 12.0. The van der Waals surface area contributed by atoms with Gasteiger partial charge < -0.3 is 4.74 Å². The predicted octanol–water partition coefficient (Wildman–Crippen LogP) is 2.32. The maximum absolute atomic E-state index is 12.0. The summed E-state index contributed by atoms with van der Waals surface area (Å²) in [4.78, 5) is 11.2. The zero-order valence-electron chi connectivity index (χ0n) is 11.4. The minimum absolute atomic E-state index is 0.154. The first-order valence-electron chi connectivity index (χ1n) is 6.70. The Morgan fingerprint density at radius 3 is 2.39 bits per heavy atom. The van der Waals surface area contributed by atoms with Gasteiger partial charge in [0, 0.05) is 0 Å². The molecule has 0 aromatic heterocycles. The number of carbonyl (C=O) groups excluding carboxylic acids is 1. The van der Waals surface area contributed by atoms with Gasteiger partial charge in [-0.1, -0.05) is 26.2 Å². The van der Waals surface area contributed by atoms with Crippen LogP contribution in [0.2, 0.25) is 0 Å². The second-order valence-electron chi connectivity index (χ2n) is 5.41. The van der Waals surface area contributed by atoms with Crippen molar-refractivity contribution < 1.29 is 17.9 Å². The van der Waals surface area contributed by atoms with E-state index in [1.165, 1.54) is 7.11 Å². The fourth-order valence-electron chi connectivity index (χ4n) is 2.21. The number of hydrogen-bond acceptors (Lipinski definition) is 4. The van der Waals surface area contributed by atoms with Crippen molar-refractivity contribution in [2.24, 2.45) is 5.41 Å². The van der Waals surface area contributed by atoms with Gasteiger partial charge in [0.2, 0.25) is 0 Å². The molecule has 0 aromatic rings. The van der Waals surface area contributed by atoms with Crippen LogP contribution < -0.4 is 0 Å². The zero-order chi connectivity index (χ0) is 13.6. The monoisotopic (exact) mass is 276 g/mol. The molecule has 0 heterocycles. The van der Waals surface area contributed by atoms with Crippen LogP contribution in [0.15, 0.2) is 0 Å². The minimum Gasteiger partial charge on any atom is -0.469 e. The van der Waals surface area contributed by atoms with Crippen molar-refractivity contribution in [1.82, 2.24) is 0 Å². The van der Waals surface area contributed by atoms with Gasteiger partial charge in [-0.2, -0.15) is 0 Å². The molecule has 1 aliphatic rings. The molecule has 5 heteroatoms. The number of rotatable bonds is 9. The van der Waals surface area contributed by atoms with Gasteiger partial charge >= 0.3 is 5.97 Å². The first-order chi connectivity index (χ1) is 8.43. The topological polar surface area (TPSA) is 60.4 Å². The van der Waals surface area contributed by atoms with Crippen LogP contribution in [0, 0.1) is 5.41 Å². The quantitative estimate of drug-likeness (QED) is 0.479. The van der Waals surface area contributed by atoms with Crippen molar-refractivity contribution in [3.05, 3.63) is 0 Å². The third-order valence-electron chi connectivity index (χ3n) is 3.54. The highest BCUT2D eigenvalue weighted by Gasteiger charge is 2.47. The van der Waals surface area contributed by atoms with E-state index in [2.05, 4.69) is 11.7 Å². The Bertz CT molecular complexity index is 368. The Hall–Kier alpha value is -0.580. The van der Waals surface area contributed by atoms with Gasteiger partial charge in [-0.25, -0.2) is 8.42 Å². The van der Waals surface area contributed by atoms with Crippen LogP contribution in [0.3, 0.4) is 0 Å². The lowest BCUT2D eigenvalue weighted by molar-refractivity contribution is -0.141. The van der Waals surface area contributed by atoms with Crippen LogP contribution in [-0.4, -0.2) is 33.0 Å². The maximum Gasteiger partial charge on any atom is 0.306 e. The molecule has 0 radical (unpaired) electrons. The van der Waals surface area contributed by atoms with Crippen LogP contribution in [-0.2, 0) is 19.4 Å². The summed E-state index contributed by atoms with van der Waals surface area (Å²) in [6.45, 7) is 2.10. The fraction of sp³-hybridized carbons (Fsp3) is 0.923. The molecule has 1 aliphatic carbocycles. The van der Waals surface area contributed by atoms with Crippen LogP contribution in [0.4, 0.5) is 0 Å². The number of unbranched alkanes of at least 4 members (excludes halogenated alkanes) is 3. The summed E-state index contributed by atoms with van der Waals surface area (Å²) in [7, 11) is -1.67. The van der Waals surface area contributed by atoms with Crippen LogP contribution in [0.1, 0.15) is 51.9 Å². The molecule has 0 aromatic carbocycles. The Balaban J connectivity index is 2.38. The molecule has 1 rings (SSSR count). The third kappa shape index (κ3) is 5.38. The standard InChI is InChI=1S/C13H24O4S/c1-3-4-5-6-9-18(15,16)11-13(7-8-13)10-12(14)17-2/h3-11H2,1-2H3. The smallest absolute Gasteiger partial charge is 0.306 e. The summed E-state index contributed by atoms with van der Waals surface area (Å²) in [5, 5.41) is 0. The van der Waals surface area contributed by atoms with Gasteiger partial charge in [-0.3, -0.25) is 4.79 Å². The Kier molecular flexibility index (Phi) is 5.63. The Morgan fingerprint density at radius 1 is 1.22 bits per heavy atom. The van der Waals surface area contributed by atoms with Gasteiger partial charge in [-0.15, -0.1) is 0 Å². The van der Waals surface area contributed by atoms with Crippen molar-refractivity contribution in [3.63, 3.8) is 0 Å². The van der Waals surface area contributed by atoms with Crippen LogP contribution in [0.25, 0.3) is 0 Å². The van der Waals surface area contributed by atoms with E-state index in [-0.39, 0.29) is 29.3 Å². The predicted molar refractivity (Wildman–Crippen MR) is 71.1 cm³/mol. The fourth-order valence-corrected chi connectivity index (χ4v) is 4.33. The van der Waals surface area contributed by atoms with E-state index in [1.54, 1.807) is 0 Å². The summed E-state index contributed by atoms with van der Waals surface area (Å²) < 4.78 is 28.6. The molecular formula is C13H24O4S. The van der Waals surface area contributed by atoms with Gasteiger partial charge in [0.1, 0.15) is 0 Å². The second-order valence-corrected chi connectivity index (χ2v) is 7.59. The highest BCUT2D eigenvalue weighted by Crippen LogP contribution is 2.50. The van der Waals surface area contributed by atoms with E-state index in [1.807, 2.05) is 0 Å². The van der Waals surface area contributed by atoms with E-state index in [0.717, 1.165) is 38.5 Å². The normalized spacial score (nSPS) is 17.4. The van der Waals surface area contributed by atoms with Gasteiger partial charge in [-0.05, 0) is 24.7 Å². The van der Waals surface area contributed by atoms with Crippen molar-refractivity contribution in [3.8, 4) is 0 Å². The van der Waals surface area contributed by atoms with E-state index < -0.39 is 9.84 Å². The first kappa shape index (κ1) is 15.5. The molecular weight excluding hydrogens is 252 g/mol. The second kappa shape index (κ2) is 6.55. The summed E-state index contributed by atoms with van der Waals surface area (Å²) in [5.41, 5.74) is -0.309. The highest BCUT2D eigenvalue weighted by atomic mass is 32.2. The van der Waals surface area contributed by atoms with E-state index >= 15 is 0 Å². The molecule has 4 nitrogen and oxygen atoms in total. The molecule has 106 valence electrons. The van der Waals surface area contributed by atoms with E-state index in [9.17, 15) is 13.2 Å². The molecule has 0 atom stereocenters. The largest absolute Gasteiger partial charge is 0.469 e. The van der Waals surface area contributed by atoms with Gasteiger partial charge in [0.25, 0.3) is 0 Å². The SMILES string of the molecule is CCCCCCS(=O)(=O)CC1(CC(=O)OC)CC1. The van der Waals surface area contributed by atoms with Crippen molar-refractivity contribution in [1.29, 1.82) is 0 Å². The summed E-state index contributed by atoms with van der Waals surface area (Å²) >= 11 is 0. The number of hydrogen-bond donors (Lipinski definition) is 0. The molecule has 0 unspecified atom stereocenters. The molecule has 0 spiro atoms. The first-order valence-corrected chi connectivity index (χ1v) is 8.52. The molecule has 1 saturated carbocycles. The number of sulfone groups is 1. The average Bonchev–Trinajstić information content (AvgIpc) is 3.03. The lowest BCUT2D eigenvalue weighted by Crippen LogP contribution is -2.23. The average molecular weight is 276 g/mol. The minimum atomic E-state index is -3.02. The number of carbonyl (C=O) groups is 1. The number of methoxy groups -OCH3 is 1. The van der Waals surface area contributed by atoms with E-state index in [0.29, 0.717) is 0 Å². The van der Waals surface area contributed by atoms with Crippen LogP contribution >= 0.6 is 0 Å². The summed E-state index contributed by atoms with van der Waals surface area (Å²) in [5.74, 6) is 0.116. The third-order valence-corrected chi connectivity index (χ3v) is 5.50. The zero-order valence-corrected chi connectivity index (χ0v) is 12.2. The van der Waals surface area contributed by atoms with Crippen molar-refractivity contribution in [2.75, 3.05) is 18.6 Å². The Morgan fingerprint density at radius 2 is 1.89 bits per heavy atom. The van der Waals surface area contributed by atoms with Crippen molar-refractivity contribution >= 4 is 15.8 Å². The van der Waals surface area contributed by atoms with Crippen LogP contribution in [0.5, 0.6) is 0 Å². The lowest BCUT2D eigenvalue weighted by atomic mass is 10.1. The molecule has 0 N–H and O–H groups in total. The van der Waals surface area contributed by atoms with Gasteiger partial charge in [0.15, 0.2) is 9.84 Å². The molecule has 0 amide bonds. The summed E-state index contributed by atoms with van der Waals surface area (Å²) in [6, 6.07) is 0. The number of ether oxygens (including phenoxy) is 1. The molecule has 1 fully saturated rings. The molecule has 18 heavy (non-hydrogen) atoms. The molecule has 0 aliphatic heterocycles.